The Hall–Kier alpha value is -2.54. The van der Waals surface area contributed by atoms with Crippen molar-refractivity contribution < 1.29 is 0 Å². The molecular weight excluding hydrogens is 266 g/mol. The molecule has 22 heavy (non-hydrogen) atoms. The highest BCUT2D eigenvalue weighted by Gasteiger charge is 2.34. The maximum absolute atomic E-state index is 3.73. The highest BCUT2D eigenvalue weighted by Crippen LogP contribution is 2.47. The van der Waals surface area contributed by atoms with Crippen LogP contribution in [0.5, 0.6) is 0 Å². The third-order valence-corrected chi connectivity index (χ3v) is 4.50. The molecule has 0 saturated heterocycles. The summed E-state index contributed by atoms with van der Waals surface area (Å²) in [7, 11) is 0. The van der Waals surface area contributed by atoms with Crippen LogP contribution in [0.15, 0.2) is 78.9 Å². The molecule has 1 heteroatoms. The van der Waals surface area contributed by atoms with E-state index >= 15 is 0 Å². The van der Waals surface area contributed by atoms with Gasteiger partial charge >= 0.3 is 0 Å². The van der Waals surface area contributed by atoms with Gasteiger partial charge in [0.2, 0.25) is 0 Å². The summed E-state index contributed by atoms with van der Waals surface area (Å²) in [6, 6.07) is 28.6. The largest absolute Gasteiger partial charge is 0.377 e. The maximum Gasteiger partial charge on any atom is 0.0623 e. The van der Waals surface area contributed by atoms with Gasteiger partial charge in [-0.3, -0.25) is 0 Å². The first-order chi connectivity index (χ1) is 10.8. The number of hydrogen-bond donors (Lipinski definition) is 1. The Kier molecular flexibility index (Phi) is 3.19. The van der Waals surface area contributed by atoms with Crippen LogP contribution in [0, 0.1) is 6.92 Å². The fourth-order valence-corrected chi connectivity index (χ4v) is 3.47. The van der Waals surface area contributed by atoms with Crippen molar-refractivity contribution in [1.82, 2.24) is 0 Å². The third-order valence-electron chi connectivity index (χ3n) is 4.50. The van der Waals surface area contributed by atoms with E-state index < -0.39 is 0 Å². The zero-order chi connectivity index (χ0) is 14.9. The van der Waals surface area contributed by atoms with Crippen molar-refractivity contribution in [2.45, 2.75) is 18.9 Å². The smallest absolute Gasteiger partial charge is 0.0623 e. The van der Waals surface area contributed by atoms with Crippen molar-refractivity contribution in [2.75, 3.05) is 5.32 Å². The average Bonchev–Trinajstić information content (AvgIpc) is 2.95. The van der Waals surface area contributed by atoms with E-state index in [4.69, 9.17) is 0 Å². The first-order valence-electron chi connectivity index (χ1n) is 7.80. The summed E-state index contributed by atoms with van der Waals surface area (Å²) >= 11 is 0. The molecule has 2 atom stereocenters. The number of benzene rings is 3. The van der Waals surface area contributed by atoms with Crippen molar-refractivity contribution in [2.24, 2.45) is 0 Å². The van der Waals surface area contributed by atoms with Crippen LogP contribution in [0.25, 0.3) is 0 Å². The molecule has 108 valence electrons. The predicted molar refractivity (Wildman–Crippen MR) is 92.3 cm³/mol. The van der Waals surface area contributed by atoms with Gasteiger partial charge < -0.3 is 5.32 Å². The van der Waals surface area contributed by atoms with Gasteiger partial charge in [0.15, 0.2) is 0 Å². The highest BCUT2D eigenvalue weighted by molar-refractivity contribution is 5.64. The van der Waals surface area contributed by atoms with Gasteiger partial charge in [-0.1, -0.05) is 78.4 Å². The molecule has 0 bridgehead atoms. The Morgan fingerprint density at radius 2 is 1.36 bits per heavy atom. The minimum atomic E-state index is 0.292. The summed E-state index contributed by atoms with van der Waals surface area (Å²) < 4.78 is 0. The van der Waals surface area contributed by atoms with Crippen LogP contribution in [0.3, 0.4) is 0 Å². The van der Waals surface area contributed by atoms with Crippen LogP contribution >= 0.6 is 0 Å². The second-order valence-corrected chi connectivity index (χ2v) is 6.01. The minimum absolute atomic E-state index is 0.292. The normalized spacial score (nSPS) is 19.5. The summed E-state index contributed by atoms with van der Waals surface area (Å²) in [5, 5.41) is 3.73. The average molecular weight is 285 g/mol. The van der Waals surface area contributed by atoms with E-state index in [1.54, 1.807) is 0 Å². The van der Waals surface area contributed by atoms with Crippen LogP contribution in [0.1, 0.15) is 34.2 Å². The number of aryl methyl sites for hydroxylation is 1. The predicted octanol–water partition coefficient (Wildman–Crippen LogP) is 5.29. The first kappa shape index (κ1) is 13.1. The highest BCUT2D eigenvalue weighted by atomic mass is 15.0. The lowest BCUT2D eigenvalue weighted by atomic mass is 9.84. The van der Waals surface area contributed by atoms with E-state index in [-0.39, 0.29) is 0 Å². The van der Waals surface area contributed by atoms with Crippen LogP contribution in [0.2, 0.25) is 0 Å². The topological polar surface area (TPSA) is 12.0 Å². The minimum Gasteiger partial charge on any atom is -0.377 e. The van der Waals surface area contributed by atoms with E-state index in [2.05, 4.69) is 91.1 Å². The molecule has 0 unspecified atom stereocenters. The number of nitrogens with one attached hydrogen (secondary N) is 1. The van der Waals surface area contributed by atoms with Crippen LogP contribution < -0.4 is 5.32 Å². The molecule has 1 aliphatic heterocycles. The monoisotopic (exact) mass is 285 g/mol. The van der Waals surface area contributed by atoms with E-state index in [1.807, 2.05) is 0 Å². The van der Waals surface area contributed by atoms with Gasteiger partial charge in [0, 0.05) is 11.6 Å². The lowest BCUT2D eigenvalue weighted by Gasteiger charge is -2.21. The fourth-order valence-electron chi connectivity index (χ4n) is 3.47. The first-order valence-corrected chi connectivity index (χ1v) is 7.80. The standard InChI is InChI=1S/C21H19N/c1-15-12-13-19-18(14-15)20(16-8-4-2-5-9-16)21(22-19)17-10-6-3-7-11-17/h2-14,20-22H,1H3/t20-,21-/m1/s1. The Bertz CT molecular complexity index is 778. The van der Waals surface area contributed by atoms with Crippen LogP contribution in [-0.2, 0) is 0 Å². The third kappa shape index (κ3) is 2.19. The molecule has 0 aliphatic carbocycles. The molecule has 0 radical (unpaired) electrons. The molecule has 1 heterocycles. The lowest BCUT2D eigenvalue weighted by Crippen LogP contribution is -2.12. The van der Waals surface area contributed by atoms with E-state index in [9.17, 15) is 0 Å². The van der Waals surface area contributed by atoms with Gasteiger partial charge in [-0.25, -0.2) is 0 Å². The number of rotatable bonds is 2. The zero-order valence-corrected chi connectivity index (χ0v) is 12.7. The van der Waals surface area contributed by atoms with Crippen molar-refractivity contribution >= 4 is 5.69 Å². The number of fused-ring (bicyclic) bond motifs is 1. The number of anilines is 1. The Labute approximate surface area is 131 Å². The molecule has 0 fully saturated rings. The second kappa shape index (κ2) is 5.34. The molecule has 0 saturated carbocycles. The zero-order valence-electron chi connectivity index (χ0n) is 12.7. The molecule has 3 aromatic carbocycles. The quantitative estimate of drug-likeness (QED) is 0.674. The Morgan fingerprint density at radius 1 is 0.727 bits per heavy atom. The molecule has 0 amide bonds. The molecule has 0 spiro atoms. The fraction of sp³-hybridized carbons (Fsp3) is 0.143. The lowest BCUT2D eigenvalue weighted by molar-refractivity contribution is 0.713. The summed E-state index contributed by atoms with van der Waals surface area (Å²) in [5.74, 6) is 0.360. The number of hydrogen-bond acceptors (Lipinski definition) is 1. The summed E-state index contributed by atoms with van der Waals surface area (Å²) in [6.45, 7) is 2.16. The van der Waals surface area contributed by atoms with Crippen molar-refractivity contribution in [3.05, 3.63) is 101 Å². The van der Waals surface area contributed by atoms with Gasteiger partial charge in [0.25, 0.3) is 0 Å². The molecule has 3 aromatic rings. The van der Waals surface area contributed by atoms with Gasteiger partial charge in [0.1, 0.15) is 0 Å². The summed E-state index contributed by atoms with van der Waals surface area (Å²) in [6.07, 6.45) is 0. The van der Waals surface area contributed by atoms with Crippen molar-refractivity contribution in [3.8, 4) is 0 Å². The van der Waals surface area contributed by atoms with Crippen LogP contribution in [0.4, 0.5) is 5.69 Å². The van der Waals surface area contributed by atoms with Gasteiger partial charge in [-0.05, 0) is 29.7 Å². The maximum atomic E-state index is 3.73. The van der Waals surface area contributed by atoms with Gasteiger partial charge in [-0.2, -0.15) is 0 Å². The molecule has 0 aromatic heterocycles. The summed E-state index contributed by atoms with van der Waals surface area (Å²) in [5.41, 5.74) is 6.68. The Morgan fingerprint density at radius 3 is 2.05 bits per heavy atom. The molecule has 4 rings (SSSR count). The molecular formula is C21H19N. The SMILES string of the molecule is Cc1ccc2c(c1)[C@@H](c1ccccc1)[C@@H](c1ccccc1)N2. The van der Waals surface area contributed by atoms with Crippen molar-refractivity contribution in [1.29, 1.82) is 0 Å². The molecule has 1 nitrogen and oxygen atoms in total. The molecule has 1 N–H and O–H groups in total. The van der Waals surface area contributed by atoms with Gasteiger partial charge in [-0.15, -0.1) is 0 Å². The van der Waals surface area contributed by atoms with E-state index in [1.165, 1.54) is 27.9 Å². The van der Waals surface area contributed by atoms with Crippen molar-refractivity contribution in [3.63, 3.8) is 0 Å². The van der Waals surface area contributed by atoms with E-state index in [0.717, 1.165) is 0 Å². The second-order valence-electron chi connectivity index (χ2n) is 6.01. The van der Waals surface area contributed by atoms with E-state index in [0.29, 0.717) is 12.0 Å². The van der Waals surface area contributed by atoms with Gasteiger partial charge in [0.05, 0.1) is 6.04 Å². The molecule has 1 aliphatic rings. The summed E-state index contributed by atoms with van der Waals surface area (Å²) in [4.78, 5) is 0. The Balaban J connectivity index is 1.86. The van der Waals surface area contributed by atoms with Crippen LogP contribution in [-0.4, -0.2) is 0 Å².